The molecule has 2 heterocycles. The molecule has 2 aliphatic rings. The van der Waals surface area contributed by atoms with Crippen LogP contribution in [-0.4, -0.2) is 65.9 Å². The van der Waals surface area contributed by atoms with Crippen molar-refractivity contribution >= 4 is 28.8 Å². The number of nitrogens with one attached hydrogen (secondary N) is 1. The van der Waals surface area contributed by atoms with Gasteiger partial charge in [0.05, 0.1) is 23.7 Å². The molecule has 1 N–H and O–H groups in total. The van der Waals surface area contributed by atoms with E-state index in [2.05, 4.69) is 10.2 Å². The van der Waals surface area contributed by atoms with E-state index in [4.69, 9.17) is 4.74 Å². The number of amides is 2. The Balaban J connectivity index is 1.65. The summed E-state index contributed by atoms with van der Waals surface area (Å²) in [5.41, 5.74) is 0.0938. The number of morpholine rings is 1. The Hall–Kier alpha value is -3.70. The standard InChI is InChI=1S/C22H20F2N4O5/c23-17-6-3-15(13-18(17)24)25-20-19(14-1-4-16(5-2-14)28(31)32)21(29)27(22(20)30)8-7-26-9-11-33-12-10-26/h1-6,13,25H,7-12H2. The fourth-order valence-electron chi connectivity index (χ4n) is 3.70. The van der Waals surface area contributed by atoms with Crippen LogP contribution in [0.4, 0.5) is 20.2 Å². The van der Waals surface area contributed by atoms with Gasteiger partial charge in [-0.15, -0.1) is 0 Å². The van der Waals surface area contributed by atoms with E-state index in [1.54, 1.807) is 0 Å². The monoisotopic (exact) mass is 458 g/mol. The first-order chi connectivity index (χ1) is 15.8. The number of rotatable bonds is 7. The van der Waals surface area contributed by atoms with Crippen LogP contribution in [0.3, 0.4) is 0 Å². The number of ether oxygens (including phenoxy) is 1. The fourth-order valence-corrected chi connectivity index (χ4v) is 3.70. The number of nitro groups is 1. The van der Waals surface area contributed by atoms with Gasteiger partial charge in [0.15, 0.2) is 11.6 Å². The van der Waals surface area contributed by atoms with Crippen molar-refractivity contribution in [1.29, 1.82) is 0 Å². The largest absolute Gasteiger partial charge is 0.379 e. The number of nitrogens with zero attached hydrogens (tertiary/aromatic N) is 3. The van der Waals surface area contributed by atoms with Gasteiger partial charge in [-0.05, 0) is 29.8 Å². The lowest BCUT2D eigenvalue weighted by molar-refractivity contribution is -0.384. The van der Waals surface area contributed by atoms with Gasteiger partial charge in [0.25, 0.3) is 17.5 Å². The number of imide groups is 1. The maximum atomic E-state index is 13.7. The summed E-state index contributed by atoms with van der Waals surface area (Å²) in [7, 11) is 0. The number of non-ortho nitro benzene ring substituents is 1. The molecule has 9 nitrogen and oxygen atoms in total. The average molecular weight is 458 g/mol. The highest BCUT2D eigenvalue weighted by Crippen LogP contribution is 2.31. The van der Waals surface area contributed by atoms with Crippen molar-refractivity contribution in [3.8, 4) is 0 Å². The lowest BCUT2D eigenvalue weighted by Gasteiger charge is -2.28. The molecular weight excluding hydrogens is 438 g/mol. The van der Waals surface area contributed by atoms with Gasteiger partial charge in [0.2, 0.25) is 0 Å². The Morgan fingerprint density at radius 3 is 2.30 bits per heavy atom. The van der Waals surface area contributed by atoms with Gasteiger partial charge in [-0.1, -0.05) is 0 Å². The molecule has 0 saturated carbocycles. The Labute approximate surface area is 187 Å². The van der Waals surface area contributed by atoms with Crippen molar-refractivity contribution in [2.24, 2.45) is 0 Å². The van der Waals surface area contributed by atoms with E-state index >= 15 is 0 Å². The minimum atomic E-state index is -1.11. The summed E-state index contributed by atoms with van der Waals surface area (Å²) < 4.78 is 32.3. The molecule has 0 radical (unpaired) electrons. The van der Waals surface area contributed by atoms with Gasteiger partial charge < -0.3 is 10.1 Å². The Morgan fingerprint density at radius 2 is 1.67 bits per heavy atom. The zero-order valence-electron chi connectivity index (χ0n) is 17.4. The van der Waals surface area contributed by atoms with Crippen LogP contribution in [0.25, 0.3) is 5.57 Å². The molecule has 0 bridgehead atoms. The molecule has 4 rings (SSSR count). The Kier molecular flexibility index (Phi) is 6.43. The van der Waals surface area contributed by atoms with E-state index in [0.717, 1.165) is 17.0 Å². The molecule has 0 aliphatic carbocycles. The summed E-state index contributed by atoms with van der Waals surface area (Å²) in [6.45, 7) is 3.07. The molecule has 172 valence electrons. The Bertz CT molecular complexity index is 1130. The molecule has 0 spiro atoms. The number of hydrogen-bond acceptors (Lipinski definition) is 7. The maximum Gasteiger partial charge on any atom is 0.278 e. The van der Waals surface area contributed by atoms with E-state index in [1.807, 2.05) is 0 Å². The third-order valence-electron chi connectivity index (χ3n) is 5.47. The van der Waals surface area contributed by atoms with Crippen LogP contribution in [-0.2, 0) is 14.3 Å². The normalized spacial score (nSPS) is 17.1. The van der Waals surface area contributed by atoms with Crippen LogP contribution in [0.5, 0.6) is 0 Å². The minimum Gasteiger partial charge on any atom is -0.379 e. The highest BCUT2D eigenvalue weighted by Gasteiger charge is 2.39. The molecule has 0 unspecified atom stereocenters. The number of benzene rings is 2. The number of nitro benzene ring substituents is 1. The molecule has 1 fully saturated rings. The molecule has 2 aromatic carbocycles. The maximum absolute atomic E-state index is 13.7. The minimum absolute atomic E-state index is 0.00149. The topological polar surface area (TPSA) is 105 Å². The smallest absolute Gasteiger partial charge is 0.278 e. The summed E-state index contributed by atoms with van der Waals surface area (Å²) in [4.78, 5) is 39.9. The quantitative estimate of drug-likeness (QED) is 0.386. The van der Waals surface area contributed by atoms with Crippen LogP contribution in [0.15, 0.2) is 48.2 Å². The number of carbonyl (C=O) groups is 2. The number of hydrogen-bond donors (Lipinski definition) is 1. The summed E-state index contributed by atoms with van der Waals surface area (Å²) in [5.74, 6) is -3.36. The van der Waals surface area contributed by atoms with Gasteiger partial charge in [-0.3, -0.25) is 29.5 Å². The highest BCUT2D eigenvalue weighted by molar-refractivity contribution is 6.36. The van der Waals surface area contributed by atoms with E-state index in [0.29, 0.717) is 32.8 Å². The first kappa shape index (κ1) is 22.5. The molecule has 1 saturated heterocycles. The fraction of sp³-hybridized carbons (Fsp3) is 0.273. The van der Waals surface area contributed by atoms with Gasteiger partial charge in [-0.2, -0.15) is 0 Å². The van der Waals surface area contributed by atoms with Crippen LogP contribution < -0.4 is 5.32 Å². The number of anilines is 1. The second-order valence-electron chi connectivity index (χ2n) is 7.52. The van der Waals surface area contributed by atoms with Crippen molar-refractivity contribution < 1.29 is 28.0 Å². The average Bonchev–Trinajstić information content (AvgIpc) is 3.04. The molecule has 11 heteroatoms. The van der Waals surface area contributed by atoms with Crippen LogP contribution >= 0.6 is 0 Å². The second-order valence-corrected chi connectivity index (χ2v) is 7.52. The van der Waals surface area contributed by atoms with Crippen molar-refractivity contribution in [1.82, 2.24) is 9.80 Å². The number of halogens is 2. The van der Waals surface area contributed by atoms with Crippen molar-refractivity contribution in [3.63, 3.8) is 0 Å². The predicted molar refractivity (Wildman–Crippen MR) is 114 cm³/mol. The third kappa shape index (κ3) is 4.73. The summed E-state index contributed by atoms with van der Waals surface area (Å²) in [6.07, 6.45) is 0. The van der Waals surface area contributed by atoms with Crippen molar-refractivity contribution in [3.05, 3.63) is 75.5 Å². The molecule has 0 aromatic heterocycles. The molecule has 2 aromatic rings. The van der Waals surface area contributed by atoms with Gasteiger partial charge in [0, 0.05) is 50.1 Å². The highest BCUT2D eigenvalue weighted by atomic mass is 19.2. The van der Waals surface area contributed by atoms with Gasteiger partial charge in [0.1, 0.15) is 5.70 Å². The summed E-state index contributed by atoms with van der Waals surface area (Å²) >= 11 is 0. The van der Waals surface area contributed by atoms with Gasteiger partial charge in [-0.25, -0.2) is 8.78 Å². The van der Waals surface area contributed by atoms with E-state index in [1.165, 1.54) is 30.3 Å². The first-order valence-corrected chi connectivity index (χ1v) is 10.2. The number of carbonyl (C=O) groups excluding carboxylic acids is 2. The van der Waals surface area contributed by atoms with E-state index in [9.17, 15) is 28.5 Å². The lowest BCUT2D eigenvalue weighted by atomic mass is 10.0. The Morgan fingerprint density at radius 1 is 0.970 bits per heavy atom. The molecular formula is C22H20F2N4O5. The van der Waals surface area contributed by atoms with E-state index in [-0.39, 0.29) is 34.8 Å². The second kappa shape index (κ2) is 9.43. The lowest BCUT2D eigenvalue weighted by Crippen LogP contribution is -2.43. The predicted octanol–water partition coefficient (Wildman–Crippen LogP) is 2.40. The molecule has 0 atom stereocenters. The summed E-state index contributed by atoms with van der Waals surface area (Å²) in [5, 5.41) is 13.7. The zero-order valence-corrected chi connectivity index (χ0v) is 17.4. The van der Waals surface area contributed by atoms with Crippen LogP contribution in [0.1, 0.15) is 5.56 Å². The summed E-state index contributed by atoms with van der Waals surface area (Å²) in [6, 6.07) is 8.23. The molecule has 2 aliphatic heterocycles. The van der Waals surface area contributed by atoms with Crippen molar-refractivity contribution in [2.45, 2.75) is 0 Å². The third-order valence-corrected chi connectivity index (χ3v) is 5.47. The SMILES string of the molecule is O=C1C(Nc2ccc(F)c(F)c2)=C(c2ccc([N+](=O)[O-])cc2)C(=O)N1CCN1CCOCC1. The zero-order chi connectivity index (χ0) is 23.5. The first-order valence-electron chi connectivity index (χ1n) is 10.2. The van der Waals surface area contributed by atoms with Crippen molar-refractivity contribution in [2.75, 3.05) is 44.7 Å². The molecule has 33 heavy (non-hydrogen) atoms. The van der Waals surface area contributed by atoms with Crippen LogP contribution in [0.2, 0.25) is 0 Å². The van der Waals surface area contributed by atoms with Crippen LogP contribution in [0, 0.1) is 21.7 Å². The molecule has 2 amide bonds. The van der Waals surface area contributed by atoms with Gasteiger partial charge >= 0.3 is 0 Å². The van der Waals surface area contributed by atoms with E-state index < -0.39 is 28.4 Å².